The lowest BCUT2D eigenvalue weighted by atomic mass is 10.0. The van der Waals surface area contributed by atoms with E-state index in [2.05, 4.69) is 25.1 Å². The van der Waals surface area contributed by atoms with Crippen LogP contribution in [0.5, 0.6) is 5.75 Å². The van der Waals surface area contributed by atoms with E-state index < -0.39 is 0 Å². The highest BCUT2D eigenvalue weighted by Gasteiger charge is 2.15. The highest BCUT2D eigenvalue weighted by atomic mass is 19.1. The summed E-state index contributed by atoms with van der Waals surface area (Å²) in [5.74, 6) is -0.169. The number of aromatic hydroxyl groups is 1. The molecule has 0 unspecified atom stereocenters. The molecule has 6 rings (SSSR count). The first-order chi connectivity index (χ1) is 15.7. The lowest BCUT2D eigenvalue weighted by Crippen LogP contribution is -1.83. The molecule has 154 valence electrons. The second-order valence-electron chi connectivity index (χ2n) is 7.58. The topological polar surface area (TPSA) is 90.5 Å². The zero-order valence-electron chi connectivity index (χ0n) is 16.7. The summed E-state index contributed by atoms with van der Waals surface area (Å²) in [5.41, 5.74) is 6.54. The number of nitrogens with zero attached hydrogens (tertiary/aromatic N) is 3. The van der Waals surface area contributed by atoms with Crippen molar-refractivity contribution in [3.8, 4) is 39.4 Å². The quantitative estimate of drug-likeness (QED) is 0.343. The molecular formula is C25H16FN5O. The minimum atomic E-state index is -0.282. The summed E-state index contributed by atoms with van der Waals surface area (Å²) in [5, 5.41) is 19.2. The molecule has 0 aliphatic carbocycles. The van der Waals surface area contributed by atoms with Crippen LogP contribution in [0.4, 0.5) is 4.39 Å². The van der Waals surface area contributed by atoms with E-state index >= 15 is 0 Å². The van der Waals surface area contributed by atoms with Crippen LogP contribution in [0.1, 0.15) is 0 Å². The molecule has 0 amide bonds. The van der Waals surface area contributed by atoms with Gasteiger partial charge in [-0.3, -0.25) is 10.1 Å². The van der Waals surface area contributed by atoms with Crippen LogP contribution in [-0.4, -0.2) is 30.3 Å². The Morgan fingerprint density at radius 1 is 0.844 bits per heavy atom. The number of pyridine rings is 2. The Morgan fingerprint density at radius 2 is 1.78 bits per heavy atom. The van der Waals surface area contributed by atoms with Gasteiger partial charge in [-0.2, -0.15) is 5.10 Å². The van der Waals surface area contributed by atoms with Gasteiger partial charge >= 0.3 is 0 Å². The Bertz CT molecular complexity index is 1620. The number of hydrogen-bond donors (Lipinski definition) is 3. The predicted octanol–water partition coefficient (Wildman–Crippen LogP) is 5.68. The van der Waals surface area contributed by atoms with Crippen molar-refractivity contribution < 1.29 is 9.50 Å². The molecule has 0 bridgehead atoms. The van der Waals surface area contributed by atoms with E-state index in [9.17, 15) is 9.50 Å². The van der Waals surface area contributed by atoms with Crippen LogP contribution < -0.4 is 0 Å². The number of aromatic amines is 2. The van der Waals surface area contributed by atoms with Crippen molar-refractivity contribution in [3.05, 3.63) is 85.1 Å². The van der Waals surface area contributed by atoms with Gasteiger partial charge in [0.1, 0.15) is 22.9 Å². The highest BCUT2D eigenvalue weighted by molar-refractivity contribution is 6.00. The van der Waals surface area contributed by atoms with Crippen molar-refractivity contribution in [3.63, 3.8) is 0 Å². The lowest BCUT2D eigenvalue weighted by molar-refractivity contribution is 0.473. The molecule has 0 saturated carbocycles. The summed E-state index contributed by atoms with van der Waals surface area (Å²) in [6.45, 7) is 0. The van der Waals surface area contributed by atoms with Crippen LogP contribution in [0.3, 0.4) is 0 Å². The molecule has 4 heterocycles. The minimum absolute atomic E-state index is 0.113. The molecule has 0 aliphatic rings. The third kappa shape index (κ3) is 2.99. The van der Waals surface area contributed by atoms with Gasteiger partial charge in [-0.1, -0.05) is 18.2 Å². The number of aromatic nitrogens is 5. The zero-order valence-corrected chi connectivity index (χ0v) is 16.7. The van der Waals surface area contributed by atoms with E-state index in [1.807, 2.05) is 36.4 Å². The van der Waals surface area contributed by atoms with Crippen LogP contribution >= 0.6 is 0 Å². The predicted molar refractivity (Wildman–Crippen MR) is 121 cm³/mol. The van der Waals surface area contributed by atoms with Crippen molar-refractivity contribution in [2.75, 3.05) is 0 Å². The van der Waals surface area contributed by atoms with Gasteiger partial charge in [-0.05, 0) is 59.2 Å². The summed E-state index contributed by atoms with van der Waals surface area (Å²) in [6, 6.07) is 18.0. The first kappa shape index (κ1) is 18.3. The Hall–Kier alpha value is -4.52. The first-order valence-electron chi connectivity index (χ1n) is 10.0. The Kier molecular flexibility index (Phi) is 4.01. The van der Waals surface area contributed by atoms with Crippen LogP contribution in [0.2, 0.25) is 0 Å². The maximum atomic E-state index is 13.8. The summed E-state index contributed by atoms with van der Waals surface area (Å²) in [7, 11) is 0. The number of halogens is 1. The third-order valence-corrected chi connectivity index (χ3v) is 5.54. The van der Waals surface area contributed by atoms with Crippen LogP contribution in [0.25, 0.3) is 55.6 Å². The summed E-state index contributed by atoms with van der Waals surface area (Å²) in [4.78, 5) is 11.9. The van der Waals surface area contributed by atoms with E-state index in [1.54, 1.807) is 24.5 Å². The molecule has 2 aromatic carbocycles. The second-order valence-corrected chi connectivity index (χ2v) is 7.58. The third-order valence-electron chi connectivity index (χ3n) is 5.54. The van der Waals surface area contributed by atoms with Crippen molar-refractivity contribution in [1.29, 1.82) is 0 Å². The molecule has 0 fully saturated rings. The van der Waals surface area contributed by atoms with Gasteiger partial charge in [-0.25, -0.2) is 9.37 Å². The lowest BCUT2D eigenvalue weighted by Gasteiger charge is -2.03. The van der Waals surface area contributed by atoms with Gasteiger partial charge in [0.05, 0.1) is 17.4 Å². The minimum Gasteiger partial charge on any atom is -0.506 e. The van der Waals surface area contributed by atoms with Gasteiger partial charge in [0.2, 0.25) is 0 Å². The number of H-pyrrole nitrogens is 2. The fourth-order valence-corrected chi connectivity index (χ4v) is 4.05. The standard InChI is InChI=1S/C25H16FN5O/c26-17-3-1-2-15(8-17)19-6-7-28-25-20(19)11-23(29-25)24-21-10-14(4-5-22(21)30-31-24)16-9-18(32)13-27-12-16/h1-13,32H,(H,28,29)(H,30,31). The van der Waals surface area contributed by atoms with Crippen molar-refractivity contribution in [2.24, 2.45) is 0 Å². The molecule has 7 heteroatoms. The van der Waals surface area contributed by atoms with Crippen molar-refractivity contribution >= 4 is 21.9 Å². The average Bonchev–Trinajstić information content (AvgIpc) is 3.42. The maximum Gasteiger partial charge on any atom is 0.138 e. The molecule has 0 radical (unpaired) electrons. The molecular weight excluding hydrogens is 405 g/mol. The Balaban J connectivity index is 1.51. The van der Waals surface area contributed by atoms with E-state index in [4.69, 9.17) is 0 Å². The summed E-state index contributed by atoms with van der Waals surface area (Å²) in [6.07, 6.45) is 4.82. The molecule has 3 N–H and O–H groups in total. The highest BCUT2D eigenvalue weighted by Crippen LogP contribution is 2.35. The monoisotopic (exact) mass is 421 g/mol. The van der Waals surface area contributed by atoms with Gasteiger partial charge in [0.25, 0.3) is 0 Å². The van der Waals surface area contributed by atoms with Gasteiger partial charge in [0.15, 0.2) is 0 Å². The fourth-order valence-electron chi connectivity index (χ4n) is 4.05. The van der Waals surface area contributed by atoms with E-state index in [1.165, 1.54) is 18.3 Å². The van der Waals surface area contributed by atoms with Crippen LogP contribution in [0.15, 0.2) is 79.3 Å². The number of rotatable bonds is 3. The molecule has 32 heavy (non-hydrogen) atoms. The Labute approximate surface area is 181 Å². The van der Waals surface area contributed by atoms with E-state index in [-0.39, 0.29) is 11.6 Å². The van der Waals surface area contributed by atoms with Gasteiger partial charge in [0, 0.05) is 28.7 Å². The largest absolute Gasteiger partial charge is 0.506 e. The summed E-state index contributed by atoms with van der Waals surface area (Å²) < 4.78 is 13.8. The fraction of sp³-hybridized carbons (Fsp3) is 0. The zero-order chi connectivity index (χ0) is 21.7. The van der Waals surface area contributed by atoms with Crippen molar-refractivity contribution in [2.45, 2.75) is 0 Å². The van der Waals surface area contributed by atoms with Gasteiger partial charge in [-0.15, -0.1) is 0 Å². The molecule has 4 aromatic heterocycles. The number of nitrogens with one attached hydrogen (secondary N) is 2. The van der Waals surface area contributed by atoms with Crippen LogP contribution in [-0.2, 0) is 0 Å². The number of fused-ring (bicyclic) bond motifs is 2. The molecule has 0 atom stereocenters. The average molecular weight is 421 g/mol. The van der Waals surface area contributed by atoms with Crippen molar-refractivity contribution in [1.82, 2.24) is 25.1 Å². The number of benzene rings is 2. The van der Waals surface area contributed by atoms with E-state index in [0.717, 1.165) is 49.9 Å². The SMILES string of the molecule is Oc1cncc(-c2ccc3[nH]nc(-c4cc5c(-c6cccc(F)c6)ccnc5[nH]4)c3c2)c1. The second kappa shape index (κ2) is 7.02. The van der Waals surface area contributed by atoms with Crippen LogP contribution in [0, 0.1) is 5.82 Å². The van der Waals surface area contributed by atoms with Gasteiger partial charge < -0.3 is 10.1 Å². The molecule has 6 aromatic rings. The Morgan fingerprint density at radius 3 is 2.66 bits per heavy atom. The maximum absolute atomic E-state index is 13.8. The number of hydrogen-bond acceptors (Lipinski definition) is 4. The smallest absolute Gasteiger partial charge is 0.138 e. The molecule has 0 saturated heterocycles. The van der Waals surface area contributed by atoms with E-state index in [0.29, 0.717) is 5.65 Å². The molecule has 0 spiro atoms. The molecule has 0 aliphatic heterocycles. The first-order valence-corrected chi connectivity index (χ1v) is 10.0. The normalized spacial score (nSPS) is 11.4. The molecule has 6 nitrogen and oxygen atoms in total. The summed E-state index contributed by atoms with van der Waals surface area (Å²) >= 11 is 0.